The number of rotatable bonds is 4. The van der Waals surface area contributed by atoms with Crippen LogP contribution >= 0.6 is 0 Å². The van der Waals surface area contributed by atoms with Gasteiger partial charge in [0.2, 0.25) is 0 Å². The molecular weight excluding hydrogens is 316 g/mol. The third kappa shape index (κ3) is 4.14. The topological polar surface area (TPSA) is 67.4 Å². The normalized spacial score (nSPS) is 10.3. The van der Waals surface area contributed by atoms with Crippen molar-refractivity contribution in [3.8, 4) is 5.75 Å². The number of hydrogen-bond donors (Lipinski definition) is 2. The average Bonchev–Trinajstić information content (AvgIpc) is 2.65. The molecule has 0 aliphatic rings. The van der Waals surface area contributed by atoms with Crippen LogP contribution in [-0.4, -0.2) is 18.4 Å². The molecule has 0 heterocycles. The predicted octanol–water partition coefficient (Wildman–Crippen LogP) is 2.99. The van der Waals surface area contributed by atoms with E-state index in [-0.39, 0.29) is 12.5 Å². The van der Waals surface area contributed by atoms with Gasteiger partial charge in [-0.3, -0.25) is 20.4 Å². The maximum atomic E-state index is 11.9. The Morgan fingerprint density at radius 1 is 0.880 bits per heavy atom. The molecule has 0 spiro atoms. The summed E-state index contributed by atoms with van der Waals surface area (Å²) in [7, 11) is 0. The average molecular weight is 334 g/mol. The summed E-state index contributed by atoms with van der Waals surface area (Å²) in [5.74, 6) is -0.190. The second-order valence-corrected chi connectivity index (χ2v) is 5.63. The molecule has 0 saturated carbocycles. The monoisotopic (exact) mass is 334 g/mol. The van der Waals surface area contributed by atoms with E-state index in [0.29, 0.717) is 11.3 Å². The lowest BCUT2D eigenvalue weighted by atomic mass is 10.1. The molecule has 2 N–H and O–H groups in total. The molecule has 2 amide bonds. The Hall–Kier alpha value is -3.34. The van der Waals surface area contributed by atoms with Crippen molar-refractivity contribution in [3.05, 3.63) is 77.9 Å². The van der Waals surface area contributed by atoms with Crippen LogP contribution in [0.3, 0.4) is 0 Å². The molecule has 126 valence electrons. The number of amides is 2. The molecular formula is C20H18N2O3. The summed E-state index contributed by atoms with van der Waals surface area (Å²) in [6.45, 7) is 1.75. The molecule has 0 atom stereocenters. The minimum atomic E-state index is -0.437. The molecule has 0 radical (unpaired) electrons. The molecule has 3 aromatic carbocycles. The van der Waals surface area contributed by atoms with Gasteiger partial charge in [0.05, 0.1) is 0 Å². The van der Waals surface area contributed by atoms with E-state index < -0.39 is 5.91 Å². The van der Waals surface area contributed by atoms with E-state index >= 15 is 0 Å². The first-order chi connectivity index (χ1) is 12.1. The van der Waals surface area contributed by atoms with Gasteiger partial charge < -0.3 is 4.74 Å². The smallest absolute Gasteiger partial charge is 0.276 e. The molecule has 0 unspecified atom stereocenters. The quantitative estimate of drug-likeness (QED) is 0.721. The Morgan fingerprint density at radius 2 is 1.60 bits per heavy atom. The zero-order valence-corrected chi connectivity index (χ0v) is 13.8. The third-order valence-electron chi connectivity index (χ3n) is 3.74. The Bertz CT molecular complexity index is 899. The second-order valence-electron chi connectivity index (χ2n) is 5.63. The summed E-state index contributed by atoms with van der Waals surface area (Å²) in [4.78, 5) is 23.8. The van der Waals surface area contributed by atoms with E-state index in [1.165, 1.54) is 0 Å². The van der Waals surface area contributed by atoms with Crippen molar-refractivity contribution in [3.63, 3.8) is 0 Å². The molecule has 0 fully saturated rings. The van der Waals surface area contributed by atoms with Gasteiger partial charge in [0.25, 0.3) is 11.8 Å². The molecule has 5 nitrogen and oxygen atoms in total. The number of hydrogen-bond acceptors (Lipinski definition) is 3. The van der Waals surface area contributed by atoms with Crippen molar-refractivity contribution in [2.45, 2.75) is 6.92 Å². The Balaban J connectivity index is 1.54. The summed E-state index contributed by atoms with van der Waals surface area (Å²) in [6, 6.07) is 20.5. The summed E-state index contributed by atoms with van der Waals surface area (Å²) < 4.78 is 5.57. The van der Waals surface area contributed by atoms with Crippen molar-refractivity contribution >= 4 is 22.6 Å². The first kappa shape index (κ1) is 16.5. The van der Waals surface area contributed by atoms with Gasteiger partial charge in [-0.1, -0.05) is 54.1 Å². The predicted molar refractivity (Wildman–Crippen MR) is 96.2 cm³/mol. The number of carbonyl (C=O) groups is 2. The molecule has 3 aromatic rings. The number of carbonyl (C=O) groups excluding carboxylic acids is 2. The van der Waals surface area contributed by atoms with Crippen molar-refractivity contribution in [1.29, 1.82) is 0 Å². The van der Waals surface area contributed by atoms with E-state index in [1.807, 2.05) is 55.5 Å². The Labute approximate surface area is 145 Å². The van der Waals surface area contributed by atoms with E-state index in [2.05, 4.69) is 10.9 Å². The molecule has 25 heavy (non-hydrogen) atoms. The van der Waals surface area contributed by atoms with Gasteiger partial charge in [-0.2, -0.15) is 0 Å². The summed E-state index contributed by atoms with van der Waals surface area (Å²) in [5, 5.41) is 1.97. The second kappa shape index (κ2) is 7.49. The van der Waals surface area contributed by atoms with Gasteiger partial charge >= 0.3 is 0 Å². The van der Waals surface area contributed by atoms with Crippen LogP contribution in [0.2, 0.25) is 0 Å². The highest BCUT2D eigenvalue weighted by atomic mass is 16.5. The highest BCUT2D eigenvalue weighted by molar-refractivity contribution is 5.95. The van der Waals surface area contributed by atoms with Gasteiger partial charge in [-0.15, -0.1) is 0 Å². The molecule has 3 rings (SSSR count). The molecule has 0 saturated heterocycles. The largest absolute Gasteiger partial charge is 0.483 e. The number of ether oxygens (including phenoxy) is 1. The van der Waals surface area contributed by atoms with Crippen LogP contribution in [0.4, 0.5) is 0 Å². The van der Waals surface area contributed by atoms with E-state index in [4.69, 9.17) is 4.74 Å². The van der Waals surface area contributed by atoms with Crippen molar-refractivity contribution in [2.75, 3.05) is 6.61 Å². The third-order valence-corrected chi connectivity index (χ3v) is 3.74. The Kier molecular flexibility index (Phi) is 4.95. The Morgan fingerprint density at radius 3 is 2.40 bits per heavy atom. The van der Waals surface area contributed by atoms with E-state index in [9.17, 15) is 9.59 Å². The van der Waals surface area contributed by atoms with Crippen molar-refractivity contribution < 1.29 is 14.3 Å². The highest BCUT2D eigenvalue weighted by Gasteiger charge is 2.08. The van der Waals surface area contributed by atoms with Gasteiger partial charge in [0.15, 0.2) is 6.61 Å². The molecule has 0 bridgehead atoms. The van der Waals surface area contributed by atoms with Gasteiger partial charge in [-0.05, 0) is 30.5 Å². The van der Waals surface area contributed by atoms with E-state index in [1.54, 1.807) is 18.2 Å². The number of hydrazine groups is 1. The minimum Gasteiger partial charge on any atom is -0.483 e. The van der Waals surface area contributed by atoms with Crippen molar-refractivity contribution in [1.82, 2.24) is 10.9 Å². The van der Waals surface area contributed by atoms with Gasteiger partial charge in [0.1, 0.15) is 5.75 Å². The molecule has 0 aliphatic carbocycles. The summed E-state index contributed by atoms with van der Waals surface area (Å²) in [5.41, 5.74) is 6.26. The van der Waals surface area contributed by atoms with Crippen LogP contribution in [0.5, 0.6) is 5.75 Å². The fourth-order valence-corrected chi connectivity index (χ4v) is 2.40. The number of fused-ring (bicyclic) bond motifs is 1. The molecule has 0 aromatic heterocycles. The van der Waals surface area contributed by atoms with Crippen LogP contribution in [0.25, 0.3) is 10.8 Å². The van der Waals surface area contributed by atoms with Crippen molar-refractivity contribution in [2.24, 2.45) is 0 Å². The minimum absolute atomic E-state index is 0.192. The number of aryl methyl sites for hydroxylation is 1. The standard InChI is InChI=1S/C20H18N2O3/c1-14-9-11-16(12-10-14)20(24)22-21-19(23)13-25-18-8-4-6-15-5-2-3-7-17(15)18/h2-12H,13H2,1H3,(H,21,23)(H,22,24). The zero-order valence-electron chi connectivity index (χ0n) is 13.8. The lowest BCUT2D eigenvalue weighted by Gasteiger charge is -2.10. The van der Waals surface area contributed by atoms with Crippen LogP contribution in [0.15, 0.2) is 66.7 Å². The summed E-state index contributed by atoms with van der Waals surface area (Å²) in [6.07, 6.45) is 0. The molecule has 0 aliphatic heterocycles. The maximum absolute atomic E-state index is 11.9. The number of benzene rings is 3. The zero-order chi connectivity index (χ0) is 17.6. The summed E-state index contributed by atoms with van der Waals surface area (Å²) >= 11 is 0. The van der Waals surface area contributed by atoms with Gasteiger partial charge in [0, 0.05) is 10.9 Å². The molecule has 5 heteroatoms. The fraction of sp³-hybridized carbons (Fsp3) is 0.100. The van der Waals surface area contributed by atoms with Crippen LogP contribution in [0.1, 0.15) is 15.9 Å². The van der Waals surface area contributed by atoms with Crippen LogP contribution in [0, 0.1) is 6.92 Å². The van der Waals surface area contributed by atoms with Crippen LogP contribution < -0.4 is 15.6 Å². The SMILES string of the molecule is Cc1ccc(C(=O)NNC(=O)COc2cccc3ccccc23)cc1. The first-order valence-electron chi connectivity index (χ1n) is 7.90. The number of nitrogens with one attached hydrogen (secondary N) is 2. The van der Waals surface area contributed by atoms with Gasteiger partial charge in [-0.25, -0.2) is 0 Å². The fourth-order valence-electron chi connectivity index (χ4n) is 2.40. The highest BCUT2D eigenvalue weighted by Crippen LogP contribution is 2.24. The lowest BCUT2D eigenvalue weighted by Crippen LogP contribution is -2.43. The maximum Gasteiger partial charge on any atom is 0.276 e. The lowest BCUT2D eigenvalue weighted by molar-refractivity contribution is -0.123. The van der Waals surface area contributed by atoms with Crippen LogP contribution in [-0.2, 0) is 4.79 Å². The van der Waals surface area contributed by atoms with E-state index in [0.717, 1.165) is 16.3 Å². The first-order valence-corrected chi connectivity index (χ1v) is 7.90.